The molecule has 0 N–H and O–H groups in total. The van der Waals surface area contributed by atoms with Crippen LogP contribution < -0.4 is 0 Å². The summed E-state index contributed by atoms with van der Waals surface area (Å²) in [5.41, 5.74) is 12.7. The number of aromatic nitrogens is 2. The zero-order valence-electron chi connectivity index (χ0n) is 37.3. The highest BCUT2D eigenvalue weighted by molar-refractivity contribution is 6.14. The van der Waals surface area contributed by atoms with Gasteiger partial charge in [0.25, 0.3) is 0 Å². The Morgan fingerprint density at radius 3 is 1.01 bits per heavy atom. The minimum atomic E-state index is -4.68. The lowest BCUT2D eigenvalue weighted by Gasteiger charge is -2.20. The molecule has 0 atom stereocenters. The van der Waals surface area contributed by atoms with E-state index in [9.17, 15) is 23.7 Å². The van der Waals surface area contributed by atoms with E-state index in [1.165, 1.54) is 6.07 Å². The highest BCUT2D eigenvalue weighted by Crippen LogP contribution is 2.45. The third-order valence-electron chi connectivity index (χ3n) is 13.4. The number of benzene rings is 10. The van der Waals surface area contributed by atoms with Gasteiger partial charge in [-0.3, -0.25) is 0 Å². The average molecular weight is 907 g/mol. The first-order valence-corrected chi connectivity index (χ1v) is 22.8. The Balaban J connectivity index is 1.18. The van der Waals surface area contributed by atoms with Crippen LogP contribution in [0.3, 0.4) is 0 Å². The van der Waals surface area contributed by atoms with Crippen molar-refractivity contribution in [1.82, 2.24) is 9.13 Å². The zero-order chi connectivity index (χ0) is 47.5. The van der Waals surface area contributed by atoms with E-state index >= 15 is 0 Å². The summed E-state index contributed by atoms with van der Waals surface area (Å²) in [5.74, 6) is 0. The van der Waals surface area contributed by atoms with Crippen LogP contribution in [0.4, 0.5) is 13.2 Å². The van der Waals surface area contributed by atoms with Gasteiger partial charge in [-0.1, -0.05) is 152 Å². The smallest absolute Gasteiger partial charge is 0.309 e. The molecule has 12 rings (SSSR count). The molecule has 12 aromatic rings. The third kappa shape index (κ3) is 7.08. The van der Waals surface area contributed by atoms with Gasteiger partial charge in [0.15, 0.2) is 0 Å². The van der Waals surface area contributed by atoms with Crippen molar-refractivity contribution in [3.63, 3.8) is 0 Å². The number of hydrogen-bond donors (Lipinski definition) is 0. The van der Waals surface area contributed by atoms with E-state index in [0.29, 0.717) is 28.1 Å². The van der Waals surface area contributed by atoms with E-state index < -0.39 is 11.7 Å². The van der Waals surface area contributed by atoms with Crippen LogP contribution in [0.5, 0.6) is 0 Å². The summed E-state index contributed by atoms with van der Waals surface area (Å²) in [7, 11) is 0. The number of hydrogen-bond acceptors (Lipinski definition) is 2. The van der Waals surface area contributed by atoms with E-state index in [1.807, 2.05) is 84.9 Å². The largest absolute Gasteiger partial charge is 0.416 e. The van der Waals surface area contributed by atoms with Crippen LogP contribution in [0.25, 0.3) is 111 Å². The summed E-state index contributed by atoms with van der Waals surface area (Å²) in [4.78, 5) is 0. The second kappa shape index (κ2) is 16.7. The molecule has 0 aliphatic rings. The summed E-state index contributed by atoms with van der Waals surface area (Å²) in [6.07, 6.45) is -4.68. The Bertz CT molecular complexity index is 3910. The maximum Gasteiger partial charge on any atom is 0.416 e. The Labute approximate surface area is 401 Å². The highest BCUT2D eigenvalue weighted by atomic mass is 19.4. The van der Waals surface area contributed by atoms with Crippen LogP contribution >= 0.6 is 0 Å². The van der Waals surface area contributed by atoms with Gasteiger partial charge in [-0.05, 0) is 117 Å². The van der Waals surface area contributed by atoms with Crippen molar-refractivity contribution in [2.75, 3.05) is 0 Å². The molecule has 0 saturated carbocycles. The Morgan fingerprint density at radius 2 is 0.671 bits per heavy atom. The van der Waals surface area contributed by atoms with Crippen LogP contribution in [0.2, 0.25) is 0 Å². The molecule has 0 unspecified atom stereocenters. The van der Waals surface area contributed by atoms with Crippen molar-refractivity contribution in [3.8, 4) is 79.1 Å². The molecule has 0 bridgehead atoms. The molecule has 2 heterocycles. The van der Waals surface area contributed by atoms with E-state index in [2.05, 4.69) is 143 Å². The van der Waals surface area contributed by atoms with Crippen LogP contribution in [0, 0.1) is 22.7 Å². The van der Waals surface area contributed by atoms with Gasteiger partial charge in [0.2, 0.25) is 0 Å². The first kappa shape index (κ1) is 42.0. The van der Waals surface area contributed by atoms with Gasteiger partial charge in [-0.2, -0.15) is 23.7 Å². The number of nitriles is 2. The summed E-state index contributed by atoms with van der Waals surface area (Å²) in [6, 6.07) is 77.5. The molecule has 330 valence electrons. The van der Waals surface area contributed by atoms with Crippen molar-refractivity contribution in [3.05, 3.63) is 241 Å². The van der Waals surface area contributed by atoms with Crippen molar-refractivity contribution in [1.29, 1.82) is 10.5 Å². The fourth-order valence-corrected chi connectivity index (χ4v) is 10.1. The van der Waals surface area contributed by atoms with E-state index in [1.54, 1.807) is 0 Å². The minimum absolute atomic E-state index is 0.146. The van der Waals surface area contributed by atoms with Gasteiger partial charge in [-0.25, -0.2) is 0 Å². The number of rotatable bonds is 7. The molecule has 0 aliphatic heterocycles. The number of fused-ring (bicyclic) bond motifs is 6. The van der Waals surface area contributed by atoms with Crippen LogP contribution in [0.15, 0.2) is 224 Å². The standard InChI is InChI=1S/C63H37F3N4/c64-63(65,66)50-25-26-51(48(31-50)38-67)56-37-61(69-57-27-21-44(40-13-5-1-6-14-40)32-52(57)53-33-45(22-28-58(53)69)41-15-7-2-8-16-41)49(39-68)36-62(56)70-59-29-23-46(42-17-9-3-10-18-42)34-54(59)55-35-47(24-30-60(55)70)43-19-11-4-12-20-43/h1-37H. The molecular weight excluding hydrogens is 870 g/mol. The zero-order valence-corrected chi connectivity index (χ0v) is 37.3. The monoisotopic (exact) mass is 906 g/mol. The number of alkyl halides is 3. The molecule has 70 heavy (non-hydrogen) atoms. The van der Waals surface area contributed by atoms with Crippen LogP contribution in [-0.2, 0) is 6.18 Å². The van der Waals surface area contributed by atoms with Crippen molar-refractivity contribution >= 4 is 43.6 Å². The lowest BCUT2D eigenvalue weighted by Crippen LogP contribution is -2.07. The molecule has 2 aromatic heterocycles. The van der Waals surface area contributed by atoms with Gasteiger partial charge in [0, 0.05) is 32.7 Å². The lowest BCUT2D eigenvalue weighted by atomic mass is 9.94. The van der Waals surface area contributed by atoms with Crippen LogP contribution in [0.1, 0.15) is 16.7 Å². The van der Waals surface area contributed by atoms with E-state index in [0.717, 1.165) is 100 Å². The average Bonchev–Trinajstić information content (AvgIpc) is 3.92. The quantitative estimate of drug-likeness (QED) is 0.160. The normalized spacial score (nSPS) is 11.6. The van der Waals surface area contributed by atoms with Crippen LogP contribution in [-0.4, -0.2) is 9.13 Å². The van der Waals surface area contributed by atoms with E-state index in [4.69, 9.17) is 0 Å². The Morgan fingerprint density at radius 1 is 0.314 bits per heavy atom. The minimum Gasteiger partial charge on any atom is -0.309 e. The lowest BCUT2D eigenvalue weighted by molar-refractivity contribution is -0.137. The molecule has 0 spiro atoms. The molecule has 0 fully saturated rings. The van der Waals surface area contributed by atoms with Gasteiger partial charge in [-0.15, -0.1) is 0 Å². The molecular formula is C63H37F3N4. The summed E-state index contributed by atoms with van der Waals surface area (Å²) >= 11 is 0. The Kier molecular flexibility index (Phi) is 10.0. The molecule has 7 heteroatoms. The topological polar surface area (TPSA) is 57.4 Å². The van der Waals surface area contributed by atoms with Gasteiger partial charge >= 0.3 is 6.18 Å². The Hall–Kier alpha value is -9.43. The predicted octanol–water partition coefficient (Wildman–Crippen LogP) is 17.0. The van der Waals surface area contributed by atoms with Crippen molar-refractivity contribution in [2.24, 2.45) is 0 Å². The SMILES string of the molecule is N#Cc1cc(C(F)(F)F)ccc1-c1cc(-n2c3ccc(-c4ccccc4)cc3c3cc(-c4ccccc4)ccc32)c(C#N)cc1-n1c2ccc(-c3ccccc3)cc2c2cc(-c3ccccc3)ccc21. The maximum absolute atomic E-state index is 14.4. The molecule has 4 nitrogen and oxygen atoms in total. The van der Waals surface area contributed by atoms with Gasteiger partial charge in [0.1, 0.15) is 6.07 Å². The van der Waals surface area contributed by atoms with Gasteiger partial charge in [0.05, 0.1) is 56.2 Å². The maximum atomic E-state index is 14.4. The van der Waals surface area contributed by atoms with Crippen molar-refractivity contribution in [2.45, 2.75) is 6.18 Å². The first-order valence-electron chi connectivity index (χ1n) is 22.8. The number of nitrogens with zero attached hydrogens (tertiary/aromatic N) is 4. The van der Waals surface area contributed by atoms with Crippen molar-refractivity contribution < 1.29 is 13.2 Å². The fraction of sp³-hybridized carbons (Fsp3) is 0.0159. The third-order valence-corrected chi connectivity index (χ3v) is 13.4. The summed E-state index contributed by atoms with van der Waals surface area (Å²) < 4.78 is 47.2. The van der Waals surface area contributed by atoms with E-state index in [-0.39, 0.29) is 5.56 Å². The second-order valence-electron chi connectivity index (χ2n) is 17.4. The summed E-state index contributed by atoms with van der Waals surface area (Å²) in [6.45, 7) is 0. The van der Waals surface area contributed by atoms with Gasteiger partial charge < -0.3 is 9.13 Å². The molecule has 0 amide bonds. The summed E-state index contributed by atoms with van der Waals surface area (Å²) in [5, 5.41) is 25.9. The molecule has 0 radical (unpaired) electrons. The molecule has 0 aliphatic carbocycles. The first-order chi connectivity index (χ1) is 34.2. The molecule has 10 aromatic carbocycles. The highest BCUT2D eigenvalue weighted by Gasteiger charge is 2.32. The molecule has 0 saturated heterocycles. The second-order valence-corrected chi connectivity index (χ2v) is 17.4. The predicted molar refractivity (Wildman–Crippen MR) is 277 cm³/mol. The fourth-order valence-electron chi connectivity index (χ4n) is 10.1. The number of halogens is 3.